The molecule has 0 saturated heterocycles. The molecule has 0 aliphatic heterocycles. The Hall–Kier alpha value is -1.26. The lowest BCUT2D eigenvalue weighted by atomic mass is 9.82. The molecule has 0 aromatic rings. The summed E-state index contributed by atoms with van der Waals surface area (Å²) in [6.45, 7) is 8.78. The Morgan fingerprint density at radius 3 is 2.32 bits per heavy atom. The topological polar surface area (TPSA) is 64.6 Å². The van der Waals surface area contributed by atoms with E-state index in [2.05, 4.69) is 12.2 Å². The molecule has 0 bridgehead atoms. The van der Waals surface area contributed by atoms with Crippen LogP contribution in [0.25, 0.3) is 0 Å². The van der Waals surface area contributed by atoms with E-state index in [0.29, 0.717) is 19.1 Å². The number of ether oxygens (including phenoxy) is 2. The van der Waals surface area contributed by atoms with Gasteiger partial charge in [0.15, 0.2) is 0 Å². The maximum absolute atomic E-state index is 11.9. The van der Waals surface area contributed by atoms with Gasteiger partial charge in [0.1, 0.15) is 5.60 Å². The van der Waals surface area contributed by atoms with Crippen LogP contribution in [0.15, 0.2) is 0 Å². The molecule has 1 N–H and O–H groups in total. The first-order valence-corrected chi connectivity index (χ1v) is 8.45. The number of carbonyl (C=O) groups is 2. The number of hydrogen-bond acceptors (Lipinski definition) is 4. The zero-order valence-corrected chi connectivity index (χ0v) is 14.4. The first-order chi connectivity index (χ1) is 10.3. The SMILES string of the molecule is CCCCOC(=O)C1CCC(CNC(=O)OC(C)(C)C)CC1. The highest BCUT2D eigenvalue weighted by Gasteiger charge is 2.27. The summed E-state index contributed by atoms with van der Waals surface area (Å²) in [6.07, 6.45) is 5.20. The van der Waals surface area contributed by atoms with Gasteiger partial charge in [0.25, 0.3) is 0 Å². The molecular weight excluding hydrogens is 282 g/mol. The zero-order valence-electron chi connectivity index (χ0n) is 14.4. The monoisotopic (exact) mass is 313 g/mol. The fourth-order valence-corrected chi connectivity index (χ4v) is 2.58. The summed E-state index contributed by atoms with van der Waals surface area (Å²) < 4.78 is 10.5. The molecule has 1 fully saturated rings. The van der Waals surface area contributed by atoms with Crippen LogP contribution in [-0.4, -0.2) is 30.8 Å². The van der Waals surface area contributed by atoms with Gasteiger partial charge >= 0.3 is 12.1 Å². The number of rotatable bonds is 6. The number of hydrogen-bond donors (Lipinski definition) is 1. The van der Waals surface area contributed by atoms with E-state index in [1.54, 1.807) is 0 Å². The summed E-state index contributed by atoms with van der Waals surface area (Å²) in [7, 11) is 0. The Labute approximate surface area is 134 Å². The lowest BCUT2D eigenvalue weighted by molar-refractivity contribution is -0.150. The molecule has 5 nitrogen and oxygen atoms in total. The molecule has 0 unspecified atom stereocenters. The van der Waals surface area contributed by atoms with Gasteiger partial charge in [0.2, 0.25) is 0 Å². The van der Waals surface area contributed by atoms with Crippen LogP contribution in [0.3, 0.4) is 0 Å². The van der Waals surface area contributed by atoms with Crippen molar-refractivity contribution in [2.75, 3.05) is 13.2 Å². The van der Waals surface area contributed by atoms with E-state index in [-0.39, 0.29) is 18.0 Å². The predicted octanol–water partition coefficient (Wildman–Crippen LogP) is 3.66. The molecule has 0 radical (unpaired) electrons. The molecule has 128 valence electrons. The average Bonchev–Trinajstić information content (AvgIpc) is 2.44. The molecule has 0 aromatic heterocycles. The quantitative estimate of drug-likeness (QED) is 0.600. The number of unbranched alkanes of at least 4 members (excludes halogenated alkanes) is 1. The van der Waals surface area contributed by atoms with Crippen LogP contribution in [0, 0.1) is 11.8 Å². The van der Waals surface area contributed by atoms with Crippen molar-refractivity contribution >= 4 is 12.1 Å². The Bertz CT molecular complexity index is 354. The van der Waals surface area contributed by atoms with Gasteiger partial charge in [-0.2, -0.15) is 0 Å². The van der Waals surface area contributed by atoms with Crippen molar-refractivity contribution in [1.29, 1.82) is 0 Å². The van der Waals surface area contributed by atoms with E-state index < -0.39 is 5.60 Å². The highest BCUT2D eigenvalue weighted by molar-refractivity contribution is 5.72. The van der Waals surface area contributed by atoms with E-state index in [1.165, 1.54) is 0 Å². The summed E-state index contributed by atoms with van der Waals surface area (Å²) in [5.41, 5.74) is -0.468. The van der Waals surface area contributed by atoms with Crippen LogP contribution >= 0.6 is 0 Å². The van der Waals surface area contributed by atoms with Gasteiger partial charge in [-0.05, 0) is 58.8 Å². The third-order valence-corrected chi connectivity index (χ3v) is 3.86. The van der Waals surface area contributed by atoms with Crippen molar-refractivity contribution in [1.82, 2.24) is 5.32 Å². The van der Waals surface area contributed by atoms with Gasteiger partial charge in [-0.15, -0.1) is 0 Å². The first kappa shape index (κ1) is 18.8. The molecule has 0 aromatic carbocycles. The molecule has 1 amide bonds. The van der Waals surface area contributed by atoms with Gasteiger partial charge in [-0.3, -0.25) is 4.79 Å². The van der Waals surface area contributed by atoms with Crippen molar-refractivity contribution in [3.8, 4) is 0 Å². The van der Waals surface area contributed by atoms with Gasteiger partial charge in [-0.25, -0.2) is 4.79 Å². The Balaban J connectivity index is 2.19. The fraction of sp³-hybridized carbons (Fsp3) is 0.882. The summed E-state index contributed by atoms with van der Waals surface area (Å²) in [5, 5.41) is 2.82. The standard InChI is InChI=1S/C17H31NO4/c1-5-6-11-21-15(19)14-9-7-13(8-10-14)12-18-16(20)22-17(2,3)4/h13-14H,5-12H2,1-4H3,(H,18,20). The minimum Gasteiger partial charge on any atom is -0.465 e. The summed E-state index contributed by atoms with van der Waals surface area (Å²) >= 11 is 0. The van der Waals surface area contributed by atoms with Gasteiger partial charge in [0.05, 0.1) is 12.5 Å². The third kappa shape index (κ3) is 7.66. The second kappa shape index (κ2) is 9.01. The number of carbonyl (C=O) groups excluding carboxylic acids is 2. The maximum atomic E-state index is 11.9. The largest absolute Gasteiger partial charge is 0.465 e. The third-order valence-electron chi connectivity index (χ3n) is 3.86. The molecule has 0 heterocycles. The second-order valence-electron chi connectivity index (χ2n) is 7.12. The molecule has 5 heteroatoms. The molecule has 22 heavy (non-hydrogen) atoms. The van der Waals surface area contributed by atoms with Gasteiger partial charge < -0.3 is 14.8 Å². The Kier molecular flexibility index (Phi) is 7.69. The molecular formula is C17H31NO4. The smallest absolute Gasteiger partial charge is 0.407 e. The Morgan fingerprint density at radius 2 is 1.77 bits per heavy atom. The van der Waals surface area contributed by atoms with Crippen LogP contribution in [0.1, 0.15) is 66.2 Å². The minimum atomic E-state index is -0.468. The van der Waals surface area contributed by atoms with Crippen LogP contribution in [0.2, 0.25) is 0 Å². The number of alkyl carbamates (subject to hydrolysis) is 1. The average molecular weight is 313 g/mol. The van der Waals surface area contributed by atoms with E-state index in [4.69, 9.17) is 9.47 Å². The summed E-state index contributed by atoms with van der Waals surface area (Å²) in [5.74, 6) is 0.411. The molecule has 1 saturated carbocycles. The highest BCUT2D eigenvalue weighted by atomic mass is 16.6. The second-order valence-corrected chi connectivity index (χ2v) is 7.12. The van der Waals surface area contributed by atoms with Crippen molar-refractivity contribution in [3.05, 3.63) is 0 Å². The first-order valence-electron chi connectivity index (χ1n) is 8.45. The van der Waals surface area contributed by atoms with Crippen molar-refractivity contribution in [2.45, 2.75) is 71.8 Å². The lowest BCUT2D eigenvalue weighted by Gasteiger charge is -2.28. The molecule has 1 aliphatic carbocycles. The van der Waals surface area contributed by atoms with Crippen molar-refractivity contribution < 1.29 is 19.1 Å². The van der Waals surface area contributed by atoms with Crippen LogP contribution < -0.4 is 5.32 Å². The van der Waals surface area contributed by atoms with Gasteiger partial charge in [0, 0.05) is 6.54 Å². The van der Waals surface area contributed by atoms with Gasteiger partial charge in [-0.1, -0.05) is 13.3 Å². The molecule has 0 spiro atoms. The zero-order chi connectivity index (χ0) is 16.6. The fourth-order valence-electron chi connectivity index (χ4n) is 2.58. The van der Waals surface area contributed by atoms with E-state index >= 15 is 0 Å². The molecule has 1 rings (SSSR count). The van der Waals surface area contributed by atoms with Crippen LogP contribution in [0.4, 0.5) is 4.79 Å². The maximum Gasteiger partial charge on any atom is 0.407 e. The summed E-state index contributed by atoms with van der Waals surface area (Å²) in [4.78, 5) is 23.5. The predicted molar refractivity (Wildman–Crippen MR) is 85.6 cm³/mol. The van der Waals surface area contributed by atoms with E-state index in [0.717, 1.165) is 38.5 Å². The number of amides is 1. The van der Waals surface area contributed by atoms with Crippen molar-refractivity contribution in [2.24, 2.45) is 11.8 Å². The molecule has 0 atom stereocenters. The van der Waals surface area contributed by atoms with E-state index in [1.807, 2.05) is 20.8 Å². The number of nitrogens with one attached hydrogen (secondary N) is 1. The normalized spacial score (nSPS) is 22.0. The van der Waals surface area contributed by atoms with Crippen molar-refractivity contribution in [3.63, 3.8) is 0 Å². The minimum absolute atomic E-state index is 0.0367. The van der Waals surface area contributed by atoms with E-state index in [9.17, 15) is 9.59 Å². The lowest BCUT2D eigenvalue weighted by Crippen LogP contribution is -2.36. The summed E-state index contributed by atoms with van der Waals surface area (Å²) in [6, 6.07) is 0. The van der Waals surface area contributed by atoms with Crippen LogP contribution in [0.5, 0.6) is 0 Å². The van der Waals surface area contributed by atoms with Crippen LogP contribution in [-0.2, 0) is 14.3 Å². The Morgan fingerprint density at radius 1 is 1.14 bits per heavy atom. The molecule has 1 aliphatic rings. The number of esters is 1. The highest BCUT2D eigenvalue weighted by Crippen LogP contribution is 2.29.